The highest BCUT2D eigenvalue weighted by Gasteiger charge is 2.02. The van der Waals surface area contributed by atoms with E-state index < -0.39 is 6.04 Å². The van der Waals surface area contributed by atoms with Gasteiger partial charge in [0.1, 0.15) is 0 Å². The molecule has 0 aliphatic carbocycles. The Morgan fingerprint density at radius 3 is 2.18 bits per heavy atom. The van der Waals surface area contributed by atoms with Crippen molar-refractivity contribution in [1.82, 2.24) is 0 Å². The van der Waals surface area contributed by atoms with E-state index >= 15 is 0 Å². The van der Waals surface area contributed by atoms with Gasteiger partial charge in [0.15, 0.2) is 0 Å². The Morgan fingerprint density at radius 1 is 1.18 bits per heavy atom. The van der Waals surface area contributed by atoms with Crippen molar-refractivity contribution in [1.29, 1.82) is 0 Å². The van der Waals surface area contributed by atoms with Crippen molar-refractivity contribution in [3.05, 3.63) is 35.9 Å². The largest absolute Gasteiger partial charge is 0.0977 e. The van der Waals surface area contributed by atoms with E-state index in [4.69, 9.17) is 11.8 Å². The number of hydrogen-bond acceptors (Lipinski definition) is 1. The maximum atomic E-state index is 5.38. The standard InChI is InChI=1S/C9H13PS/c1-10(2,11)8-9-6-4-3-5-7-9/h3-7H,8H2,1-2H3. The van der Waals surface area contributed by atoms with Crippen LogP contribution in [0.2, 0.25) is 0 Å². The quantitative estimate of drug-likeness (QED) is 0.637. The maximum Gasteiger partial charge on any atom is 0.00129 e. The van der Waals surface area contributed by atoms with E-state index in [-0.39, 0.29) is 0 Å². The minimum absolute atomic E-state index is 1.05. The lowest BCUT2D eigenvalue weighted by Gasteiger charge is -2.08. The molecule has 0 saturated carbocycles. The molecule has 0 aromatic heterocycles. The van der Waals surface area contributed by atoms with Crippen LogP contribution in [0.15, 0.2) is 30.3 Å². The molecule has 0 N–H and O–H groups in total. The molecular formula is C9H13PS. The molecule has 0 heterocycles. The van der Waals surface area contributed by atoms with Gasteiger partial charge < -0.3 is 0 Å². The first-order chi connectivity index (χ1) is 5.08. The molecule has 1 rings (SSSR count). The molecule has 1 aromatic rings. The fourth-order valence-corrected chi connectivity index (χ4v) is 2.56. The molecule has 0 saturated heterocycles. The normalized spacial score (nSPS) is 11.5. The Labute approximate surface area is 73.6 Å². The molecule has 0 amide bonds. The van der Waals surface area contributed by atoms with Crippen molar-refractivity contribution in [2.45, 2.75) is 6.16 Å². The summed E-state index contributed by atoms with van der Waals surface area (Å²) >= 11 is 5.38. The molecule has 0 atom stereocenters. The van der Waals surface area contributed by atoms with Gasteiger partial charge in [0.2, 0.25) is 0 Å². The molecule has 0 radical (unpaired) electrons. The van der Waals surface area contributed by atoms with Crippen molar-refractivity contribution in [3.8, 4) is 0 Å². The van der Waals surface area contributed by atoms with Crippen LogP contribution in [-0.4, -0.2) is 13.3 Å². The topological polar surface area (TPSA) is 0 Å². The zero-order valence-corrected chi connectivity index (χ0v) is 8.66. The van der Waals surface area contributed by atoms with E-state index in [1.54, 1.807) is 0 Å². The van der Waals surface area contributed by atoms with E-state index in [9.17, 15) is 0 Å². The Morgan fingerprint density at radius 2 is 1.73 bits per heavy atom. The average molecular weight is 184 g/mol. The Bertz CT molecular complexity index is 260. The van der Waals surface area contributed by atoms with E-state index in [1.165, 1.54) is 5.56 Å². The van der Waals surface area contributed by atoms with Gasteiger partial charge in [-0.25, -0.2) is 0 Å². The molecule has 0 aliphatic rings. The summed E-state index contributed by atoms with van der Waals surface area (Å²) < 4.78 is 0. The van der Waals surface area contributed by atoms with Crippen LogP contribution in [0.1, 0.15) is 5.56 Å². The Hall–Kier alpha value is -0.130. The highest BCUT2D eigenvalue weighted by atomic mass is 32.4. The molecule has 11 heavy (non-hydrogen) atoms. The van der Waals surface area contributed by atoms with Gasteiger partial charge in [-0.1, -0.05) is 42.1 Å². The zero-order chi connectivity index (χ0) is 8.32. The third kappa shape index (κ3) is 3.69. The molecule has 60 valence electrons. The maximum absolute atomic E-state index is 5.38. The molecule has 1 aromatic carbocycles. The zero-order valence-electron chi connectivity index (χ0n) is 6.95. The van der Waals surface area contributed by atoms with Gasteiger partial charge in [-0.2, -0.15) is 0 Å². The first-order valence-corrected chi connectivity index (χ1v) is 7.54. The SMILES string of the molecule is CP(C)(=S)Cc1ccccc1. The Kier molecular flexibility index (Phi) is 2.86. The summed E-state index contributed by atoms with van der Waals surface area (Å²) in [5, 5.41) is 0. The predicted octanol–water partition coefficient (Wildman–Crippen LogP) is 2.93. The fourth-order valence-electron chi connectivity index (χ4n) is 1.02. The predicted molar refractivity (Wildman–Crippen MR) is 56.3 cm³/mol. The van der Waals surface area contributed by atoms with Gasteiger partial charge in [0.05, 0.1) is 0 Å². The summed E-state index contributed by atoms with van der Waals surface area (Å²) in [6, 6.07) is 9.42. The van der Waals surface area contributed by atoms with Crippen molar-refractivity contribution in [3.63, 3.8) is 0 Å². The van der Waals surface area contributed by atoms with Gasteiger partial charge in [-0.15, -0.1) is 0 Å². The van der Waals surface area contributed by atoms with E-state index in [0.717, 1.165) is 6.16 Å². The second-order valence-electron chi connectivity index (χ2n) is 3.22. The molecule has 0 bridgehead atoms. The first-order valence-electron chi connectivity index (χ1n) is 3.66. The molecule has 0 nitrogen and oxygen atoms in total. The molecule has 2 heteroatoms. The lowest BCUT2D eigenvalue weighted by molar-refractivity contribution is 1.39. The van der Waals surface area contributed by atoms with Crippen LogP contribution < -0.4 is 0 Å². The van der Waals surface area contributed by atoms with Crippen LogP contribution in [0.4, 0.5) is 0 Å². The summed E-state index contributed by atoms with van der Waals surface area (Å²) in [6.07, 6.45) is 1.09. The molecule has 0 unspecified atom stereocenters. The average Bonchev–Trinajstić information content (AvgIpc) is 1.85. The van der Waals surface area contributed by atoms with Gasteiger partial charge in [-0.05, 0) is 24.9 Å². The first kappa shape index (κ1) is 8.96. The van der Waals surface area contributed by atoms with E-state index in [1.807, 2.05) is 6.07 Å². The van der Waals surface area contributed by atoms with E-state index in [2.05, 4.69) is 37.6 Å². The monoisotopic (exact) mass is 184 g/mol. The second kappa shape index (κ2) is 3.51. The lowest BCUT2D eigenvalue weighted by atomic mass is 10.2. The van der Waals surface area contributed by atoms with Crippen LogP contribution in [-0.2, 0) is 18.0 Å². The van der Waals surface area contributed by atoms with Crippen molar-refractivity contribution in [2.24, 2.45) is 0 Å². The number of benzene rings is 1. The van der Waals surface area contributed by atoms with Crippen LogP contribution >= 0.6 is 6.04 Å². The van der Waals surface area contributed by atoms with E-state index in [0.29, 0.717) is 0 Å². The van der Waals surface area contributed by atoms with Crippen molar-refractivity contribution >= 4 is 17.8 Å². The van der Waals surface area contributed by atoms with Gasteiger partial charge in [0, 0.05) is 6.16 Å². The third-order valence-electron chi connectivity index (χ3n) is 1.41. The second-order valence-corrected chi connectivity index (χ2v) is 9.65. The van der Waals surface area contributed by atoms with Gasteiger partial charge in [-0.3, -0.25) is 0 Å². The Balaban J connectivity index is 2.74. The number of hydrogen-bond donors (Lipinski definition) is 0. The van der Waals surface area contributed by atoms with Crippen LogP contribution in [0.25, 0.3) is 0 Å². The molecule has 0 spiro atoms. The fraction of sp³-hybridized carbons (Fsp3) is 0.333. The van der Waals surface area contributed by atoms with Gasteiger partial charge in [0.25, 0.3) is 0 Å². The minimum atomic E-state index is -1.05. The highest BCUT2D eigenvalue weighted by molar-refractivity contribution is 8.13. The minimum Gasteiger partial charge on any atom is -0.0977 e. The summed E-state index contributed by atoms with van der Waals surface area (Å²) in [7, 11) is 0. The summed E-state index contributed by atoms with van der Waals surface area (Å²) in [5.41, 5.74) is 1.38. The summed E-state index contributed by atoms with van der Waals surface area (Å²) in [6.45, 7) is 4.38. The number of rotatable bonds is 2. The third-order valence-corrected chi connectivity index (χ3v) is 2.92. The van der Waals surface area contributed by atoms with Crippen LogP contribution in [0.5, 0.6) is 0 Å². The smallest absolute Gasteiger partial charge is 0.00129 e. The van der Waals surface area contributed by atoms with Crippen molar-refractivity contribution in [2.75, 3.05) is 13.3 Å². The van der Waals surface area contributed by atoms with Crippen LogP contribution in [0, 0.1) is 0 Å². The lowest BCUT2D eigenvalue weighted by Crippen LogP contribution is -1.83. The molecule has 0 aliphatic heterocycles. The summed E-state index contributed by atoms with van der Waals surface area (Å²) in [4.78, 5) is 0. The highest BCUT2D eigenvalue weighted by Crippen LogP contribution is 2.40. The molecular weight excluding hydrogens is 171 g/mol. The summed E-state index contributed by atoms with van der Waals surface area (Å²) in [5.74, 6) is 0. The molecule has 0 fully saturated rings. The van der Waals surface area contributed by atoms with Crippen LogP contribution in [0.3, 0.4) is 0 Å². The van der Waals surface area contributed by atoms with Gasteiger partial charge >= 0.3 is 0 Å². The van der Waals surface area contributed by atoms with Crippen molar-refractivity contribution < 1.29 is 0 Å².